The van der Waals surface area contributed by atoms with Crippen molar-refractivity contribution in [2.24, 2.45) is 5.84 Å². The van der Waals surface area contributed by atoms with Crippen molar-refractivity contribution in [3.05, 3.63) is 35.9 Å². The number of hydrogen-bond donors (Lipinski definition) is 3. The van der Waals surface area contributed by atoms with Crippen LogP contribution in [0.2, 0.25) is 0 Å². The number of amides is 1. The van der Waals surface area contributed by atoms with E-state index in [1.165, 1.54) is 19.1 Å². The van der Waals surface area contributed by atoms with E-state index in [1.54, 1.807) is 18.2 Å². The summed E-state index contributed by atoms with van der Waals surface area (Å²) in [7, 11) is 0. The summed E-state index contributed by atoms with van der Waals surface area (Å²) in [5.41, 5.74) is 2.10. The van der Waals surface area contributed by atoms with Gasteiger partial charge < -0.3 is 5.11 Å². The van der Waals surface area contributed by atoms with E-state index in [-0.39, 0.29) is 11.5 Å². The molecule has 1 aromatic carbocycles. The summed E-state index contributed by atoms with van der Waals surface area (Å²) in [5.74, 6) is 2.06. The Morgan fingerprint density at radius 1 is 1.19 bits per heavy atom. The molecule has 1 rings (SSSR count). The van der Waals surface area contributed by atoms with E-state index >= 15 is 0 Å². The third-order valence-corrected chi connectivity index (χ3v) is 1.43. The molecule has 0 heterocycles. The van der Waals surface area contributed by atoms with Crippen molar-refractivity contribution >= 4 is 17.7 Å². The molecular formula is C10H12N2O4. The average Bonchev–Trinajstić information content (AvgIpc) is 2.29. The van der Waals surface area contributed by atoms with Gasteiger partial charge >= 0.3 is 5.97 Å². The molecule has 0 radical (unpaired) electrons. The summed E-state index contributed by atoms with van der Waals surface area (Å²) >= 11 is 0. The molecule has 0 atom stereocenters. The van der Waals surface area contributed by atoms with Gasteiger partial charge in [-0.1, -0.05) is 30.3 Å². The zero-order valence-corrected chi connectivity index (χ0v) is 8.64. The number of carbonyl (C=O) groups excluding carboxylic acids is 2. The third kappa shape index (κ3) is 5.51. The number of benzene rings is 1. The normalized spacial score (nSPS) is 8.38. The topological polar surface area (TPSA) is 109 Å². The standard InChI is InChI=1S/C8H6O3.C2H6N2O/c9-7(8(10)11)6-4-2-1-3-5-6;1-2(5)4-3/h1-5H,(H,10,11);3H2,1H3,(H,4,5). The van der Waals surface area contributed by atoms with Crippen molar-refractivity contribution in [3.63, 3.8) is 0 Å². The highest BCUT2D eigenvalue weighted by molar-refractivity contribution is 6.39. The van der Waals surface area contributed by atoms with Gasteiger partial charge in [0, 0.05) is 12.5 Å². The van der Waals surface area contributed by atoms with Crippen LogP contribution in [0, 0.1) is 0 Å². The average molecular weight is 224 g/mol. The first kappa shape index (κ1) is 13.8. The molecule has 4 N–H and O–H groups in total. The van der Waals surface area contributed by atoms with E-state index in [4.69, 9.17) is 5.11 Å². The Bertz CT molecular complexity index is 376. The second-order valence-corrected chi connectivity index (χ2v) is 2.70. The number of nitrogens with two attached hydrogens (primary N) is 1. The lowest BCUT2D eigenvalue weighted by Gasteiger charge is -1.91. The number of carboxylic acids is 1. The van der Waals surface area contributed by atoms with Crippen LogP contribution in [-0.4, -0.2) is 22.8 Å². The van der Waals surface area contributed by atoms with Crippen LogP contribution in [0.4, 0.5) is 0 Å². The Hall–Kier alpha value is -2.21. The molecule has 0 fully saturated rings. The maximum atomic E-state index is 10.7. The van der Waals surface area contributed by atoms with Gasteiger partial charge in [-0.3, -0.25) is 15.0 Å². The largest absolute Gasteiger partial charge is 0.475 e. The molecule has 0 bridgehead atoms. The molecule has 0 unspecified atom stereocenters. The highest BCUT2D eigenvalue weighted by Crippen LogP contribution is 1.98. The summed E-state index contributed by atoms with van der Waals surface area (Å²) in [4.78, 5) is 30.5. The van der Waals surface area contributed by atoms with E-state index in [0.717, 1.165) is 0 Å². The molecule has 0 aliphatic heterocycles. The summed E-state index contributed by atoms with van der Waals surface area (Å²) in [6.45, 7) is 1.35. The van der Waals surface area contributed by atoms with E-state index in [1.807, 2.05) is 5.43 Å². The van der Waals surface area contributed by atoms with Gasteiger partial charge in [0.2, 0.25) is 5.91 Å². The molecular weight excluding hydrogens is 212 g/mol. The Morgan fingerprint density at radius 3 is 1.94 bits per heavy atom. The van der Waals surface area contributed by atoms with Crippen LogP contribution < -0.4 is 11.3 Å². The molecule has 16 heavy (non-hydrogen) atoms. The Kier molecular flexibility index (Phi) is 6.15. The summed E-state index contributed by atoms with van der Waals surface area (Å²) in [5, 5.41) is 8.29. The first-order valence-electron chi connectivity index (χ1n) is 4.29. The minimum atomic E-state index is -1.42. The van der Waals surface area contributed by atoms with Crippen LogP contribution in [0.3, 0.4) is 0 Å². The van der Waals surface area contributed by atoms with Crippen molar-refractivity contribution in [2.45, 2.75) is 6.92 Å². The monoisotopic (exact) mass is 224 g/mol. The van der Waals surface area contributed by atoms with E-state index in [9.17, 15) is 14.4 Å². The van der Waals surface area contributed by atoms with Crippen LogP contribution in [0.15, 0.2) is 30.3 Å². The Morgan fingerprint density at radius 2 is 1.62 bits per heavy atom. The first-order valence-corrected chi connectivity index (χ1v) is 4.29. The first-order chi connectivity index (χ1) is 7.49. The maximum absolute atomic E-state index is 10.7. The van der Waals surface area contributed by atoms with E-state index < -0.39 is 11.8 Å². The summed E-state index contributed by atoms with van der Waals surface area (Å²) < 4.78 is 0. The van der Waals surface area contributed by atoms with Gasteiger partial charge in [-0.2, -0.15) is 0 Å². The SMILES string of the molecule is CC(=O)NN.O=C(O)C(=O)c1ccccc1. The lowest BCUT2D eigenvalue weighted by molar-refractivity contribution is -0.131. The summed E-state index contributed by atoms with van der Waals surface area (Å²) in [6, 6.07) is 7.90. The molecule has 0 saturated heterocycles. The maximum Gasteiger partial charge on any atom is 0.377 e. The minimum Gasteiger partial charge on any atom is -0.475 e. The molecule has 0 saturated carbocycles. The number of hydrazine groups is 1. The minimum absolute atomic E-state index is 0.208. The van der Waals surface area contributed by atoms with Crippen LogP contribution in [0.5, 0.6) is 0 Å². The highest BCUT2D eigenvalue weighted by atomic mass is 16.4. The molecule has 0 spiro atoms. The number of carboxylic acid groups (broad SMARTS) is 1. The lowest BCUT2D eigenvalue weighted by Crippen LogP contribution is -2.26. The molecule has 0 aromatic heterocycles. The summed E-state index contributed by atoms with van der Waals surface area (Å²) in [6.07, 6.45) is 0. The van der Waals surface area contributed by atoms with Crippen LogP contribution in [0.25, 0.3) is 0 Å². The number of nitrogens with one attached hydrogen (secondary N) is 1. The van der Waals surface area contributed by atoms with Crippen LogP contribution in [0.1, 0.15) is 17.3 Å². The second kappa shape index (κ2) is 7.13. The zero-order valence-electron chi connectivity index (χ0n) is 8.64. The van der Waals surface area contributed by atoms with Gasteiger partial charge in [-0.05, 0) is 0 Å². The molecule has 0 aliphatic rings. The molecule has 86 valence electrons. The van der Waals surface area contributed by atoms with E-state index in [0.29, 0.717) is 0 Å². The quantitative estimate of drug-likeness (QED) is 0.214. The Labute approximate surface area is 92.0 Å². The lowest BCUT2D eigenvalue weighted by atomic mass is 10.1. The number of carbonyl (C=O) groups is 3. The zero-order chi connectivity index (χ0) is 12.6. The predicted molar refractivity (Wildman–Crippen MR) is 56.4 cm³/mol. The van der Waals surface area contributed by atoms with Gasteiger partial charge in [0.15, 0.2) is 0 Å². The van der Waals surface area contributed by atoms with Gasteiger partial charge in [0.25, 0.3) is 5.78 Å². The second-order valence-electron chi connectivity index (χ2n) is 2.70. The van der Waals surface area contributed by atoms with Gasteiger partial charge in [-0.25, -0.2) is 10.6 Å². The third-order valence-electron chi connectivity index (χ3n) is 1.43. The Balaban J connectivity index is 0.000000385. The van der Waals surface area contributed by atoms with Crippen molar-refractivity contribution in [2.75, 3.05) is 0 Å². The van der Waals surface area contributed by atoms with Crippen molar-refractivity contribution < 1.29 is 19.5 Å². The molecule has 6 nitrogen and oxygen atoms in total. The van der Waals surface area contributed by atoms with Gasteiger partial charge in [-0.15, -0.1) is 0 Å². The fourth-order valence-electron chi connectivity index (χ4n) is 0.713. The number of aliphatic carboxylic acids is 1. The molecule has 0 aliphatic carbocycles. The van der Waals surface area contributed by atoms with Crippen molar-refractivity contribution in [3.8, 4) is 0 Å². The smallest absolute Gasteiger partial charge is 0.377 e. The van der Waals surface area contributed by atoms with Crippen molar-refractivity contribution in [1.82, 2.24) is 5.43 Å². The fourth-order valence-corrected chi connectivity index (χ4v) is 0.713. The van der Waals surface area contributed by atoms with Gasteiger partial charge in [0.1, 0.15) is 0 Å². The number of hydrogen-bond acceptors (Lipinski definition) is 4. The van der Waals surface area contributed by atoms with Crippen LogP contribution in [-0.2, 0) is 9.59 Å². The number of rotatable bonds is 2. The molecule has 1 aromatic rings. The van der Waals surface area contributed by atoms with E-state index in [2.05, 4.69) is 5.84 Å². The molecule has 6 heteroatoms. The molecule has 1 amide bonds. The van der Waals surface area contributed by atoms with Crippen LogP contribution >= 0.6 is 0 Å². The fraction of sp³-hybridized carbons (Fsp3) is 0.100. The number of ketones is 1. The van der Waals surface area contributed by atoms with Gasteiger partial charge in [0.05, 0.1) is 0 Å². The van der Waals surface area contributed by atoms with Crippen molar-refractivity contribution in [1.29, 1.82) is 0 Å². The number of Topliss-reactive ketones (excluding diaryl/α,β-unsaturated/α-hetero) is 1. The predicted octanol–water partition coefficient (Wildman–Crippen LogP) is -0.0499. The highest BCUT2D eigenvalue weighted by Gasteiger charge is 2.12.